The number of aromatic nitrogens is 1. The fraction of sp³-hybridized carbons (Fsp3) is 0.391. The van der Waals surface area contributed by atoms with Crippen molar-refractivity contribution >= 4 is 42.4 Å². The molecule has 164 valence electrons. The maximum atomic E-state index is 13.5. The lowest BCUT2D eigenvalue weighted by Crippen LogP contribution is -2.37. The fourth-order valence-electron chi connectivity index (χ4n) is 3.59. The van der Waals surface area contributed by atoms with Gasteiger partial charge >= 0.3 is 0 Å². The van der Waals surface area contributed by atoms with Crippen LogP contribution in [0.4, 0.5) is 5.13 Å². The molecule has 1 amide bonds. The number of anilines is 1. The number of carbonyl (C=O) groups is 1. The van der Waals surface area contributed by atoms with E-state index in [2.05, 4.69) is 6.07 Å². The van der Waals surface area contributed by atoms with Crippen molar-refractivity contribution in [2.75, 3.05) is 18.1 Å². The number of rotatable bonds is 6. The summed E-state index contributed by atoms with van der Waals surface area (Å²) < 4.78 is 31.6. The third-order valence-corrected chi connectivity index (χ3v) is 8.68. The van der Waals surface area contributed by atoms with Gasteiger partial charge in [0.1, 0.15) is 0 Å². The van der Waals surface area contributed by atoms with Crippen LogP contribution in [0.25, 0.3) is 10.2 Å². The van der Waals surface area contributed by atoms with Gasteiger partial charge in [0.15, 0.2) is 15.0 Å². The Hall–Kier alpha value is -2.29. The minimum absolute atomic E-state index is 0.0294. The number of sulfone groups is 1. The summed E-state index contributed by atoms with van der Waals surface area (Å²) in [5.41, 5.74) is 2.42. The first-order valence-corrected chi connectivity index (χ1v) is 12.8. The summed E-state index contributed by atoms with van der Waals surface area (Å²) in [4.78, 5) is 20.0. The average Bonchev–Trinajstić information content (AvgIpc) is 3.40. The molecule has 0 N–H and O–H groups in total. The molecule has 1 aliphatic heterocycles. The fourth-order valence-corrected chi connectivity index (χ4v) is 5.72. The van der Waals surface area contributed by atoms with Gasteiger partial charge < -0.3 is 4.74 Å². The second-order valence-corrected chi connectivity index (χ2v) is 11.6. The molecule has 0 saturated carbocycles. The highest BCUT2D eigenvalue weighted by molar-refractivity contribution is 7.92. The Morgan fingerprint density at radius 3 is 2.61 bits per heavy atom. The number of thiazole rings is 1. The number of ether oxygens (including phenoxy) is 1. The van der Waals surface area contributed by atoms with Gasteiger partial charge in [-0.3, -0.25) is 9.69 Å². The highest BCUT2D eigenvalue weighted by atomic mass is 32.2. The summed E-state index contributed by atoms with van der Waals surface area (Å²) in [7, 11) is -3.39. The van der Waals surface area contributed by atoms with Crippen molar-refractivity contribution in [3.63, 3.8) is 0 Å². The highest BCUT2D eigenvalue weighted by Crippen LogP contribution is 2.31. The van der Waals surface area contributed by atoms with E-state index in [-0.39, 0.29) is 16.9 Å². The quantitative estimate of drug-likeness (QED) is 0.539. The normalized spacial score (nSPS) is 16.8. The van der Waals surface area contributed by atoms with Gasteiger partial charge in [0.25, 0.3) is 5.91 Å². The van der Waals surface area contributed by atoms with E-state index in [4.69, 9.17) is 9.72 Å². The number of amides is 1. The lowest BCUT2D eigenvalue weighted by atomic mass is 10.2. The zero-order valence-corrected chi connectivity index (χ0v) is 19.5. The lowest BCUT2D eigenvalue weighted by molar-refractivity contribution is 0.0917. The maximum absolute atomic E-state index is 13.5. The Labute approximate surface area is 186 Å². The Bertz CT molecular complexity index is 1190. The van der Waals surface area contributed by atoms with Crippen LogP contribution in [0.1, 0.15) is 42.6 Å². The third kappa shape index (κ3) is 4.51. The first-order chi connectivity index (χ1) is 14.8. The SMILES string of the molecule is Cc1ccc2nc(N(CC3CCCO3)C(=O)c3ccc(S(=O)(=O)C(C)C)cc3)sc2c1. The van der Waals surface area contributed by atoms with E-state index in [9.17, 15) is 13.2 Å². The van der Waals surface area contributed by atoms with Gasteiger partial charge in [-0.15, -0.1) is 0 Å². The summed E-state index contributed by atoms with van der Waals surface area (Å²) in [5.74, 6) is -0.209. The van der Waals surface area contributed by atoms with Crippen LogP contribution in [0, 0.1) is 6.92 Å². The number of benzene rings is 2. The molecule has 8 heteroatoms. The molecule has 3 aromatic rings. The van der Waals surface area contributed by atoms with Crippen LogP contribution in [-0.4, -0.2) is 43.8 Å². The van der Waals surface area contributed by atoms with Crippen LogP contribution in [0.15, 0.2) is 47.4 Å². The number of aryl methyl sites for hydroxylation is 1. The van der Waals surface area contributed by atoms with Crippen molar-refractivity contribution in [2.45, 2.75) is 49.9 Å². The predicted molar refractivity (Wildman–Crippen MR) is 124 cm³/mol. The van der Waals surface area contributed by atoms with Gasteiger partial charge in [-0.2, -0.15) is 0 Å². The van der Waals surface area contributed by atoms with Gasteiger partial charge in [0, 0.05) is 12.2 Å². The van der Waals surface area contributed by atoms with E-state index < -0.39 is 15.1 Å². The highest BCUT2D eigenvalue weighted by Gasteiger charge is 2.27. The van der Waals surface area contributed by atoms with Crippen molar-refractivity contribution < 1.29 is 17.9 Å². The molecule has 0 bridgehead atoms. The van der Waals surface area contributed by atoms with E-state index >= 15 is 0 Å². The van der Waals surface area contributed by atoms with Crippen LogP contribution in [0.2, 0.25) is 0 Å². The molecule has 2 aromatic carbocycles. The minimum atomic E-state index is -3.39. The molecule has 0 spiro atoms. The number of carbonyl (C=O) groups excluding carboxylic acids is 1. The van der Waals surface area contributed by atoms with Crippen molar-refractivity contribution in [3.8, 4) is 0 Å². The molecule has 6 nitrogen and oxygen atoms in total. The van der Waals surface area contributed by atoms with Gasteiger partial charge in [-0.1, -0.05) is 17.4 Å². The predicted octanol–water partition coefficient (Wildman–Crippen LogP) is 4.61. The van der Waals surface area contributed by atoms with Crippen molar-refractivity contribution in [3.05, 3.63) is 53.6 Å². The number of fused-ring (bicyclic) bond motifs is 1. The Balaban J connectivity index is 1.68. The first kappa shape index (κ1) is 21.9. The molecule has 1 atom stereocenters. The molecule has 2 heterocycles. The zero-order valence-electron chi connectivity index (χ0n) is 17.9. The van der Waals surface area contributed by atoms with E-state index in [1.807, 2.05) is 19.1 Å². The number of nitrogens with zero attached hydrogens (tertiary/aromatic N) is 2. The summed E-state index contributed by atoms with van der Waals surface area (Å²) in [6.45, 7) is 6.44. The van der Waals surface area contributed by atoms with Gasteiger partial charge in [0.05, 0.1) is 33.0 Å². The Morgan fingerprint density at radius 1 is 1.23 bits per heavy atom. The standard InChI is InChI=1S/C23H26N2O4S2/c1-15(2)31(27,28)19-9-7-17(8-10-19)22(26)25(14-18-5-4-12-29-18)23-24-20-11-6-16(3)13-21(20)30-23/h6-11,13,15,18H,4-5,12,14H2,1-3H3. The van der Waals surface area contributed by atoms with E-state index in [0.29, 0.717) is 23.8 Å². The van der Waals surface area contributed by atoms with Crippen LogP contribution in [-0.2, 0) is 14.6 Å². The van der Waals surface area contributed by atoms with E-state index in [1.54, 1.807) is 30.9 Å². The van der Waals surface area contributed by atoms with Crippen LogP contribution < -0.4 is 4.90 Å². The topological polar surface area (TPSA) is 76.6 Å². The van der Waals surface area contributed by atoms with E-state index in [1.165, 1.54) is 23.5 Å². The number of hydrogen-bond donors (Lipinski definition) is 0. The molecule has 1 aliphatic rings. The second kappa shape index (κ2) is 8.68. The Kier molecular flexibility index (Phi) is 6.14. The van der Waals surface area contributed by atoms with Crippen LogP contribution >= 0.6 is 11.3 Å². The molecule has 1 fully saturated rings. The zero-order chi connectivity index (χ0) is 22.2. The number of hydrogen-bond acceptors (Lipinski definition) is 6. The van der Waals surface area contributed by atoms with E-state index in [0.717, 1.165) is 28.6 Å². The van der Waals surface area contributed by atoms with Gasteiger partial charge in [-0.05, 0) is 75.6 Å². The lowest BCUT2D eigenvalue weighted by Gasteiger charge is -2.23. The largest absolute Gasteiger partial charge is 0.376 e. The average molecular weight is 459 g/mol. The van der Waals surface area contributed by atoms with Crippen molar-refractivity contribution in [1.82, 2.24) is 4.98 Å². The summed E-state index contributed by atoms with van der Waals surface area (Å²) >= 11 is 1.48. The summed E-state index contributed by atoms with van der Waals surface area (Å²) in [6.07, 6.45) is 1.85. The molecule has 4 rings (SSSR count). The molecule has 1 unspecified atom stereocenters. The molecule has 0 aliphatic carbocycles. The molecule has 0 radical (unpaired) electrons. The minimum Gasteiger partial charge on any atom is -0.376 e. The molecular formula is C23H26N2O4S2. The Morgan fingerprint density at radius 2 is 1.97 bits per heavy atom. The second-order valence-electron chi connectivity index (χ2n) is 8.14. The summed E-state index contributed by atoms with van der Waals surface area (Å²) in [6, 6.07) is 12.2. The smallest absolute Gasteiger partial charge is 0.260 e. The third-order valence-electron chi connectivity index (χ3n) is 5.47. The summed E-state index contributed by atoms with van der Waals surface area (Å²) in [5, 5.41) is 0.108. The molecular weight excluding hydrogens is 432 g/mol. The molecule has 31 heavy (non-hydrogen) atoms. The first-order valence-electron chi connectivity index (χ1n) is 10.4. The van der Waals surface area contributed by atoms with Crippen LogP contribution in [0.5, 0.6) is 0 Å². The monoisotopic (exact) mass is 458 g/mol. The van der Waals surface area contributed by atoms with Gasteiger partial charge in [-0.25, -0.2) is 13.4 Å². The van der Waals surface area contributed by atoms with Gasteiger partial charge in [0.2, 0.25) is 0 Å². The van der Waals surface area contributed by atoms with Crippen molar-refractivity contribution in [1.29, 1.82) is 0 Å². The van der Waals surface area contributed by atoms with Crippen molar-refractivity contribution in [2.24, 2.45) is 0 Å². The molecule has 1 saturated heterocycles. The molecule has 1 aromatic heterocycles. The van der Waals surface area contributed by atoms with Crippen LogP contribution in [0.3, 0.4) is 0 Å². The maximum Gasteiger partial charge on any atom is 0.260 e.